The van der Waals surface area contributed by atoms with Crippen LogP contribution in [0.15, 0.2) is 78.9 Å². The van der Waals surface area contributed by atoms with E-state index in [1.54, 1.807) is 60.7 Å². The van der Waals surface area contributed by atoms with Gasteiger partial charge in [-0.15, -0.1) is 0 Å². The minimum absolute atomic E-state index is 0.169. The Kier molecular flexibility index (Phi) is 6.17. The molecule has 0 spiro atoms. The van der Waals surface area contributed by atoms with Crippen LogP contribution in [0.4, 0.5) is 10.1 Å². The quantitative estimate of drug-likeness (QED) is 0.494. The Hall–Kier alpha value is -3.91. The van der Waals surface area contributed by atoms with Crippen molar-refractivity contribution in [2.45, 2.75) is 0 Å². The van der Waals surface area contributed by atoms with E-state index < -0.39 is 5.82 Å². The van der Waals surface area contributed by atoms with Crippen molar-refractivity contribution in [2.75, 3.05) is 11.9 Å². The smallest absolute Gasteiger partial charge is 0.262 e. The number of nitrogens with zero attached hydrogens (tertiary/aromatic N) is 1. The van der Waals surface area contributed by atoms with Gasteiger partial charge in [0.25, 0.3) is 5.91 Å². The number of amides is 1. The molecule has 0 atom stereocenters. The van der Waals surface area contributed by atoms with E-state index in [1.165, 1.54) is 6.07 Å². The number of carbonyl (C=O) groups is 1. The van der Waals surface area contributed by atoms with Crippen LogP contribution in [0.2, 0.25) is 0 Å². The maximum absolute atomic E-state index is 14.0. The molecule has 0 heterocycles. The summed E-state index contributed by atoms with van der Waals surface area (Å²) in [5.41, 5.74) is 1.63. The van der Waals surface area contributed by atoms with Crippen molar-refractivity contribution >= 4 is 23.2 Å². The first-order valence-electron chi connectivity index (χ1n) is 8.61. The van der Waals surface area contributed by atoms with Crippen molar-refractivity contribution in [3.05, 3.63) is 95.8 Å². The molecule has 1 amide bonds. The molecular weight excluding hydrogens is 355 g/mol. The number of ether oxygens (including phenoxy) is 1. The number of benzene rings is 3. The lowest BCUT2D eigenvalue weighted by atomic mass is 10.0. The maximum Gasteiger partial charge on any atom is 0.262 e. The second kappa shape index (κ2) is 9.15. The van der Waals surface area contributed by atoms with E-state index in [0.29, 0.717) is 17.0 Å². The number of anilines is 1. The molecule has 0 bridgehead atoms. The third-order valence-electron chi connectivity index (χ3n) is 3.92. The summed E-state index contributed by atoms with van der Waals surface area (Å²) in [4.78, 5) is 12.1. The van der Waals surface area contributed by atoms with Gasteiger partial charge in [0.05, 0.1) is 11.6 Å². The van der Waals surface area contributed by atoms with Crippen LogP contribution in [0.3, 0.4) is 0 Å². The van der Waals surface area contributed by atoms with E-state index >= 15 is 0 Å². The molecule has 0 aromatic heterocycles. The molecule has 3 rings (SSSR count). The number of rotatable bonds is 6. The van der Waals surface area contributed by atoms with E-state index in [4.69, 9.17) is 4.74 Å². The van der Waals surface area contributed by atoms with Crippen LogP contribution in [-0.2, 0) is 4.79 Å². The number of para-hydroxylation sites is 2. The van der Waals surface area contributed by atoms with E-state index in [9.17, 15) is 14.4 Å². The van der Waals surface area contributed by atoms with Gasteiger partial charge in [0.15, 0.2) is 6.61 Å². The molecule has 1 N–H and O–H groups in total. The average molecular weight is 372 g/mol. The van der Waals surface area contributed by atoms with Crippen LogP contribution in [-0.4, -0.2) is 12.5 Å². The van der Waals surface area contributed by atoms with E-state index in [-0.39, 0.29) is 23.7 Å². The van der Waals surface area contributed by atoms with Gasteiger partial charge in [0.1, 0.15) is 11.6 Å². The Morgan fingerprint density at radius 3 is 2.43 bits per heavy atom. The van der Waals surface area contributed by atoms with Gasteiger partial charge >= 0.3 is 0 Å². The second-order valence-corrected chi connectivity index (χ2v) is 5.89. The summed E-state index contributed by atoms with van der Waals surface area (Å²) in [5, 5.41) is 12.2. The van der Waals surface area contributed by atoms with Crippen molar-refractivity contribution in [3.63, 3.8) is 0 Å². The number of nitrogens with one attached hydrogen (secondary N) is 1. The molecule has 0 aliphatic carbocycles. The molecule has 5 heteroatoms. The molecule has 0 unspecified atom stereocenters. The fourth-order valence-electron chi connectivity index (χ4n) is 2.60. The van der Waals surface area contributed by atoms with Gasteiger partial charge in [-0.3, -0.25) is 4.79 Å². The molecule has 0 saturated heterocycles. The van der Waals surface area contributed by atoms with Crippen molar-refractivity contribution in [2.24, 2.45) is 0 Å². The van der Waals surface area contributed by atoms with E-state index in [1.807, 2.05) is 24.3 Å². The van der Waals surface area contributed by atoms with Crippen LogP contribution in [0, 0.1) is 17.1 Å². The zero-order chi connectivity index (χ0) is 19.8. The van der Waals surface area contributed by atoms with Gasteiger partial charge in [0, 0.05) is 16.8 Å². The highest BCUT2D eigenvalue weighted by atomic mass is 19.1. The lowest BCUT2D eigenvalue weighted by Crippen LogP contribution is -2.20. The molecular formula is C23H17FN2O2. The molecule has 138 valence electrons. The van der Waals surface area contributed by atoms with Crippen molar-refractivity contribution in [3.8, 4) is 11.8 Å². The largest absolute Gasteiger partial charge is 0.483 e. The molecule has 0 saturated carbocycles. The normalized spacial score (nSPS) is 10.8. The summed E-state index contributed by atoms with van der Waals surface area (Å²) >= 11 is 0. The summed E-state index contributed by atoms with van der Waals surface area (Å²) in [5.74, 6) is -0.356. The summed E-state index contributed by atoms with van der Waals surface area (Å²) in [6.07, 6.45) is 1.54. The first kappa shape index (κ1) is 18.9. The SMILES string of the molecule is N#C/C(=C/c1ccccc1OCC(=O)Nc1ccccc1)c1ccccc1F. The van der Waals surface area contributed by atoms with Gasteiger partial charge in [-0.1, -0.05) is 54.6 Å². The Bertz CT molecular complexity index is 1040. The van der Waals surface area contributed by atoms with Gasteiger partial charge in [0.2, 0.25) is 0 Å². The number of nitriles is 1. The molecule has 0 fully saturated rings. The number of hydrogen-bond donors (Lipinski definition) is 1. The maximum atomic E-state index is 14.0. The summed E-state index contributed by atoms with van der Waals surface area (Å²) < 4.78 is 19.6. The van der Waals surface area contributed by atoms with Crippen LogP contribution >= 0.6 is 0 Å². The van der Waals surface area contributed by atoms with Gasteiger partial charge in [-0.2, -0.15) is 5.26 Å². The molecule has 0 aliphatic rings. The van der Waals surface area contributed by atoms with E-state index in [2.05, 4.69) is 5.32 Å². The highest BCUT2D eigenvalue weighted by molar-refractivity contribution is 5.92. The lowest BCUT2D eigenvalue weighted by Gasteiger charge is -2.10. The minimum Gasteiger partial charge on any atom is -0.483 e. The van der Waals surface area contributed by atoms with Crippen molar-refractivity contribution in [1.82, 2.24) is 0 Å². The predicted octanol–water partition coefficient (Wildman–Crippen LogP) is 4.91. The topological polar surface area (TPSA) is 62.1 Å². The molecule has 4 nitrogen and oxygen atoms in total. The second-order valence-electron chi connectivity index (χ2n) is 5.89. The third-order valence-corrected chi connectivity index (χ3v) is 3.92. The molecule has 0 aliphatic heterocycles. The van der Waals surface area contributed by atoms with Gasteiger partial charge in [-0.05, 0) is 30.3 Å². The zero-order valence-corrected chi connectivity index (χ0v) is 14.9. The first-order chi connectivity index (χ1) is 13.7. The minimum atomic E-state index is -0.476. The summed E-state index contributed by atoms with van der Waals surface area (Å²) in [6, 6.07) is 24.1. The number of halogens is 1. The van der Waals surface area contributed by atoms with Crippen molar-refractivity contribution in [1.29, 1.82) is 5.26 Å². The van der Waals surface area contributed by atoms with Crippen LogP contribution in [0.1, 0.15) is 11.1 Å². The first-order valence-corrected chi connectivity index (χ1v) is 8.61. The fourth-order valence-corrected chi connectivity index (χ4v) is 2.60. The van der Waals surface area contributed by atoms with Gasteiger partial charge in [-0.25, -0.2) is 4.39 Å². The van der Waals surface area contributed by atoms with Crippen LogP contribution in [0.5, 0.6) is 5.75 Å². The monoisotopic (exact) mass is 372 g/mol. The number of hydrogen-bond acceptors (Lipinski definition) is 3. The Labute approximate surface area is 162 Å². The Balaban J connectivity index is 1.77. The molecule has 28 heavy (non-hydrogen) atoms. The van der Waals surface area contributed by atoms with Crippen molar-refractivity contribution < 1.29 is 13.9 Å². The highest BCUT2D eigenvalue weighted by Crippen LogP contribution is 2.25. The zero-order valence-electron chi connectivity index (χ0n) is 14.9. The lowest BCUT2D eigenvalue weighted by molar-refractivity contribution is -0.118. The molecule has 3 aromatic carbocycles. The summed E-state index contributed by atoms with van der Waals surface area (Å²) in [6.45, 7) is -0.193. The van der Waals surface area contributed by atoms with Crippen LogP contribution < -0.4 is 10.1 Å². The van der Waals surface area contributed by atoms with E-state index in [0.717, 1.165) is 0 Å². The third kappa shape index (κ3) is 4.83. The summed E-state index contributed by atoms with van der Waals surface area (Å²) in [7, 11) is 0. The number of carbonyl (C=O) groups excluding carboxylic acids is 1. The molecule has 0 radical (unpaired) electrons. The Morgan fingerprint density at radius 1 is 1.00 bits per heavy atom. The predicted molar refractivity (Wildman–Crippen MR) is 107 cm³/mol. The standard InChI is InChI=1S/C23H17FN2O2/c24-21-12-6-5-11-20(21)18(15-25)14-17-8-4-7-13-22(17)28-16-23(27)26-19-9-2-1-3-10-19/h1-14H,16H2,(H,26,27)/b18-14-. The Morgan fingerprint density at radius 2 is 1.68 bits per heavy atom. The fraction of sp³-hybridized carbons (Fsp3) is 0.0435. The highest BCUT2D eigenvalue weighted by Gasteiger charge is 2.10. The molecule has 3 aromatic rings. The van der Waals surface area contributed by atoms with Gasteiger partial charge < -0.3 is 10.1 Å². The van der Waals surface area contributed by atoms with Crippen LogP contribution in [0.25, 0.3) is 11.6 Å². The number of allylic oxidation sites excluding steroid dienone is 1. The average Bonchev–Trinajstić information content (AvgIpc) is 2.72.